The molecule has 0 fully saturated rings. The van der Waals surface area contributed by atoms with Gasteiger partial charge in [0.15, 0.2) is 11.5 Å². The van der Waals surface area contributed by atoms with E-state index in [0.29, 0.717) is 28.2 Å². The van der Waals surface area contributed by atoms with E-state index in [2.05, 4.69) is 10.6 Å². The van der Waals surface area contributed by atoms with E-state index in [-0.39, 0.29) is 0 Å². The van der Waals surface area contributed by atoms with Gasteiger partial charge in [-0.25, -0.2) is 0 Å². The van der Waals surface area contributed by atoms with Gasteiger partial charge in [-0.2, -0.15) is 0 Å². The zero-order valence-corrected chi connectivity index (χ0v) is 16.1. The molecule has 2 rings (SSSR count). The van der Waals surface area contributed by atoms with E-state index in [0.717, 1.165) is 37.2 Å². The first-order valence-corrected chi connectivity index (χ1v) is 8.98. The molecule has 0 unspecified atom stereocenters. The summed E-state index contributed by atoms with van der Waals surface area (Å²) in [7, 11) is 3.60. The predicted molar refractivity (Wildman–Crippen MR) is 104 cm³/mol. The van der Waals surface area contributed by atoms with E-state index in [1.165, 1.54) is 0 Å². The number of hydrogen-bond donors (Lipinski definition) is 2. The number of nitrogens with one attached hydrogen (secondary N) is 2. The Morgan fingerprint density at radius 1 is 1.00 bits per heavy atom. The zero-order chi connectivity index (χ0) is 18.1. The molecule has 0 radical (unpaired) electrons. The normalized spacial score (nSPS) is 10.7. The number of hydrogen-bond acceptors (Lipinski definition) is 4. The van der Waals surface area contributed by atoms with Crippen LogP contribution in [0.15, 0.2) is 36.4 Å². The van der Waals surface area contributed by atoms with Crippen LogP contribution < -0.4 is 20.1 Å². The lowest BCUT2D eigenvalue weighted by Crippen LogP contribution is -2.19. The second-order valence-electron chi connectivity index (χ2n) is 5.64. The number of rotatable bonds is 10. The summed E-state index contributed by atoms with van der Waals surface area (Å²) in [5.74, 6) is 1.40. The molecule has 4 nitrogen and oxygen atoms in total. The summed E-state index contributed by atoms with van der Waals surface area (Å²) < 4.78 is 11.3. The Morgan fingerprint density at radius 3 is 2.56 bits per heavy atom. The summed E-state index contributed by atoms with van der Waals surface area (Å²) in [6.07, 6.45) is 1.09. The summed E-state index contributed by atoms with van der Waals surface area (Å²) in [6, 6.07) is 11.3. The molecule has 2 aromatic rings. The van der Waals surface area contributed by atoms with Crippen molar-refractivity contribution in [2.75, 3.05) is 27.2 Å². The molecule has 0 aliphatic carbocycles. The Balaban J connectivity index is 1.94. The first kappa shape index (κ1) is 19.9. The third-order valence-electron chi connectivity index (χ3n) is 3.74. The van der Waals surface area contributed by atoms with Crippen molar-refractivity contribution in [3.8, 4) is 11.5 Å². The van der Waals surface area contributed by atoms with E-state index < -0.39 is 0 Å². The maximum Gasteiger partial charge on any atom is 0.161 e. The molecular weight excluding hydrogens is 359 g/mol. The highest BCUT2D eigenvalue weighted by Gasteiger charge is 2.08. The highest BCUT2D eigenvalue weighted by Crippen LogP contribution is 2.30. The third kappa shape index (κ3) is 6.40. The molecular formula is C19H24Cl2N2O2. The van der Waals surface area contributed by atoms with Gasteiger partial charge in [0.05, 0.1) is 7.11 Å². The number of benzene rings is 2. The van der Waals surface area contributed by atoms with Crippen LogP contribution in [0.2, 0.25) is 10.0 Å². The van der Waals surface area contributed by atoms with Gasteiger partial charge in [-0.05, 0) is 56.4 Å². The van der Waals surface area contributed by atoms with Gasteiger partial charge in [0.2, 0.25) is 0 Å². The first-order valence-electron chi connectivity index (χ1n) is 8.23. The van der Waals surface area contributed by atoms with Crippen molar-refractivity contribution in [3.05, 3.63) is 57.6 Å². The molecule has 2 N–H and O–H groups in total. The van der Waals surface area contributed by atoms with Crippen molar-refractivity contribution in [2.45, 2.75) is 19.6 Å². The molecule has 0 spiro atoms. The van der Waals surface area contributed by atoms with E-state index in [9.17, 15) is 0 Å². The summed E-state index contributed by atoms with van der Waals surface area (Å²) in [5.41, 5.74) is 2.03. The summed E-state index contributed by atoms with van der Waals surface area (Å²) >= 11 is 12.1. The lowest BCUT2D eigenvalue weighted by atomic mass is 10.2. The van der Waals surface area contributed by atoms with Crippen molar-refractivity contribution >= 4 is 23.2 Å². The number of methoxy groups -OCH3 is 1. The quantitative estimate of drug-likeness (QED) is 0.601. The monoisotopic (exact) mass is 382 g/mol. The van der Waals surface area contributed by atoms with Gasteiger partial charge >= 0.3 is 0 Å². The van der Waals surface area contributed by atoms with Crippen LogP contribution in [0, 0.1) is 0 Å². The average molecular weight is 383 g/mol. The molecule has 0 aliphatic rings. The second-order valence-corrected chi connectivity index (χ2v) is 6.49. The summed E-state index contributed by atoms with van der Waals surface area (Å²) in [5, 5.41) is 7.75. The van der Waals surface area contributed by atoms with Crippen LogP contribution in [0.5, 0.6) is 11.5 Å². The molecule has 0 heterocycles. The molecule has 6 heteroatoms. The Morgan fingerprint density at radius 2 is 1.84 bits per heavy atom. The van der Waals surface area contributed by atoms with Gasteiger partial charge in [0.1, 0.15) is 6.61 Å². The van der Waals surface area contributed by atoms with Gasteiger partial charge in [0, 0.05) is 22.2 Å². The van der Waals surface area contributed by atoms with E-state index in [1.807, 2.05) is 31.3 Å². The molecule has 0 atom stereocenters. The Hall–Kier alpha value is -1.46. The highest BCUT2D eigenvalue weighted by atomic mass is 35.5. The van der Waals surface area contributed by atoms with Crippen molar-refractivity contribution in [1.82, 2.24) is 10.6 Å². The second kappa shape index (κ2) is 10.5. The van der Waals surface area contributed by atoms with Crippen molar-refractivity contribution in [3.63, 3.8) is 0 Å². The molecule has 0 saturated heterocycles. The van der Waals surface area contributed by atoms with Crippen LogP contribution in [-0.2, 0) is 13.2 Å². The SMILES string of the molecule is CNCCCNCc1ccc(OCc2ccc(Cl)cc2Cl)c(OC)c1. The fourth-order valence-electron chi connectivity index (χ4n) is 2.36. The smallest absolute Gasteiger partial charge is 0.161 e. The molecule has 25 heavy (non-hydrogen) atoms. The minimum absolute atomic E-state index is 0.355. The standard InChI is InChI=1S/C19H24Cl2N2O2/c1-22-8-3-9-23-12-14-4-7-18(19(10-14)24-2)25-13-15-5-6-16(20)11-17(15)21/h4-7,10-11,22-23H,3,8-9,12-13H2,1-2H3. The van der Waals surface area contributed by atoms with Gasteiger partial charge < -0.3 is 20.1 Å². The molecule has 2 aromatic carbocycles. The zero-order valence-electron chi connectivity index (χ0n) is 14.6. The lowest BCUT2D eigenvalue weighted by molar-refractivity contribution is 0.284. The van der Waals surface area contributed by atoms with Crippen LogP contribution in [0.25, 0.3) is 0 Å². The third-order valence-corrected chi connectivity index (χ3v) is 4.32. The van der Waals surface area contributed by atoms with Crippen LogP contribution >= 0.6 is 23.2 Å². The maximum atomic E-state index is 6.18. The van der Waals surface area contributed by atoms with Crippen molar-refractivity contribution < 1.29 is 9.47 Å². The highest BCUT2D eigenvalue weighted by molar-refractivity contribution is 6.35. The summed E-state index contributed by atoms with van der Waals surface area (Å²) in [6.45, 7) is 3.13. The number of halogens is 2. The van der Waals surface area contributed by atoms with Crippen molar-refractivity contribution in [1.29, 1.82) is 0 Å². The first-order chi connectivity index (χ1) is 12.1. The fourth-order valence-corrected chi connectivity index (χ4v) is 2.82. The topological polar surface area (TPSA) is 42.5 Å². The summed E-state index contributed by atoms with van der Waals surface area (Å²) in [4.78, 5) is 0. The van der Waals surface area contributed by atoms with Gasteiger partial charge in [-0.3, -0.25) is 0 Å². The molecule has 0 bridgehead atoms. The Kier molecular flexibility index (Phi) is 8.35. The van der Waals surface area contributed by atoms with Gasteiger partial charge in [0.25, 0.3) is 0 Å². The lowest BCUT2D eigenvalue weighted by Gasteiger charge is -2.13. The molecule has 0 aromatic heterocycles. The van der Waals surface area contributed by atoms with Crippen LogP contribution in [0.4, 0.5) is 0 Å². The van der Waals surface area contributed by atoms with E-state index in [4.69, 9.17) is 32.7 Å². The van der Waals surface area contributed by atoms with E-state index >= 15 is 0 Å². The largest absolute Gasteiger partial charge is 0.493 e. The molecule has 136 valence electrons. The minimum atomic E-state index is 0.355. The Labute approximate surface area is 159 Å². The maximum absolute atomic E-state index is 6.18. The fraction of sp³-hybridized carbons (Fsp3) is 0.368. The minimum Gasteiger partial charge on any atom is -0.493 e. The molecule has 0 aliphatic heterocycles. The van der Waals surface area contributed by atoms with Gasteiger partial charge in [-0.15, -0.1) is 0 Å². The van der Waals surface area contributed by atoms with E-state index in [1.54, 1.807) is 19.2 Å². The molecule has 0 saturated carbocycles. The average Bonchev–Trinajstić information content (AvgIpc) is 2.61. The van der Waals surface area contributed by atoms with Crippen molar-refractivity contribution in [2.24, 2.45) is 0 Å². The predicted octanol–water partition coefficient (Wildman–Crippen LogP) is 4.28. The van der Waals surface area contributed by atoms with Crippen LogP contribution in [-0.4, -0.2) is 27.2 Å². The Bertz CT molecular complexity index is 680. The molecule has 0 amide bonds. The van der Waals surface area contributed by atoms with Gasteiger partial charge in [-0.1, -0.05) is 35.3 Å². The number of ether oxygens (including phenoxy) is 2. The van der Waals surface area contributed by atoms with Crippen LogP contribution in [0.3, 0.4) is 0 Å². The van der Waals surface area contributed by atoms with Crippen LogP contribution in [0.1, 0.15) is 17.5 Å².